The molecule has 1 aromatic heterocycles. The Kier molecular flexibility index (Phi) is 5.02. The maximum absolute atomic E-state index is 12.3. The molecule has 1 heterocycles. The van der Waals surface area contributed by atoms with Crippen LogP contribution in [0.4, 0.5) is 13.2 Å². The molecule has 0 aliphatic rings. The molecule has 2 aromatic rings. The molecular formula is C13H11F3N4O4. The average molecular weight is 344 g/mol. The van der Waals surface area contributed by atoms with Gasteiger partial charge in [-0.15, -0.1) is 18.3 Å². The molecule has 1 amide bonds. The highest BCUT2D eigenvalue weighted by molar-refractivity contribution is 5.96. The first kappa shape index (κ1) is 17.2. The van der Waals surface area contributed by atoms with Gasteiger partial charge in [-0.3, -0.25) is 4.79 Å². The highest BCUT2D eigenvalue weighted by Crippen LogP contribution is 2.26. The Labute approximate surface area is 132 Å². The van der Waals surface area contributed by atoms with Crippen LogP contribution in [0.25, 0.3) is 0 Å². The van der Waals surface area contributed by atoms with Crippen molar-refractivity contribution >= 4 is 11.9 Å². The van der Waals surface area contributed by atoms with Gasteiger partial charge in [-0.1, -0.05) is 17.3 Å². The number of carboxylic acid groups (broad SMARTS) is 1. The molecule has 8 nitrogen and oxygen atoms in total. The number of para-hydroxylation sites is 1. The van der Waals surface area contributed by atoms with Crippen LogP contribution in [0.2, 0.25) is 0 Å². The van der Waals surface area contributed by atoms with Crippen LogP contribution in [-0.4, -0.2) is 44.9 Å². The lowest BCUT2D eigenvalue weighted by Crippen LogP contribution is -2.28. The van der Waals surface area contributed by atoms with Crippen LogP contribution in [0.5, 0.6) is 5.75 Å². The normalized spacial score (nSPS) is 11.1. The second-order valence-corrected chi connectivity index (χ2v) is 4.47. The Morgan fingerprint density at radius 2 is 2.00 bits per heavy atom. The molecule has 0 unspecified atom stereocenters. The summed E-state index contributed by atoms with van der Waals surface area (Å²) in [6, 6.07) is 4.92. The molecule has 0 bridgehead atoms. The minimum atomic E-state index is -4.91. The number of carboxylic acids is 1. The summed E-state index contributed by atoms with van der Waals surface area (Å²) < 4.78 is 41.9. The van der Waals surface area contributed by atoms with Gasteiger partial charge in [0.15, 0.2) is 5.69 Å². The first-order valence-electron chi connectivity index (χ1n) is 6.52. The van der Waals surface area contributed by atoms with Gasteiger partial charge >= 0.3 is 12.3 Å². The molecule has 2 N–H and O–H groups in total. The number of amides is 1. The second kappa shape index (κ2) is 6.98. The van der Waals surface area contributed by atoms with Crippen molar-refractivity contribution < 1.29 is 32.6 Å². The monoisotopic (exact) mass is 344 g/mol. The van der Waals surface area contributed by atoms with Crippen LogP contribution in [0.3, 0.4) is 0 Å². The molecule has 0 aliphatic carbocycles. The minimum Gasteiger partial charge on any atom is -0.476 e. The quantitative estimate of drug-likeness (QED) is 0.818. The summed E-state index contributed by atoms with van der Waals surface area (Å²) in [5, 5.41) is 18.0. The third-order valence-electron chi connectivity index (χ3n) is 2.74. The van der Waals surface area contributed by atoms with Crippen molar-refractivity contribution in [1.82, 2.24) is 20.3 Å². The SMILES string of the molecule is O=C(O)c1cn(CCNC(=O)c2ccccc2OC(F)(F)F)nn1. The number of carbonyl (C=O) groups excluding carboxylic acids is 1. The number of aromatic carboxylic acids is 1. The van der Waals surface area contributed by atoms with Crippen molar-refractivity contribution in [1.29, 1.82) is 0 Å². The number of alkyl halides is 3. The molecule has 0 radical (unpaired) electrons. The summed E-state index contributed by atoms with van der Waals surface area (Å²) in [5.41, 5.74) is -0.537. The zero-order valence-corrected chi connectivity index (χ0v) is 11.9. The molecular weight excluding hydrogens is 333 g/mol. The van der Waals surface area contributed by atoms with E-state index in [1.165, 1.54) is 22.9 Å². The summed E-state index contributed by atoms with van der Waals surface area (Å²) in [6.07, 6.45) is -3.75. The fraction of sp³-hybridized carbons (Fsp3) is 0.231. The average Bonchev–Trinajstić information content (AvgIpc) is 2.95. The van der Waals surface area contributed by atoms with E-state index in [1.54, 1.807) is 0 Å². The summed E-state index contributed by atoms with van der Waals surface area (Å²) in [6.45, 7) is 0.0932. The first-order valence-corrected chi connectivity index (χ1v) is 6.52. The van der Waals surface area contributed by atoms with E-state index in [9.17, 15) is 22.8 Å². The van der Waals surface area contributed by atoms with E-state index in [2.05, 4.69) is 20.4 Å². The Morgan fingerprint density at radius 3 is 2.62 bits per heavy atom. The van der Waals surface area contributed by atoms with Gasteiger partial charge in [-0.25, -0.2) is 9.48 Å². The molecule has 0 saturated heterocycles. The van der Waals surface area contributed by atoms with Crippen LogP contribution in [0, 0.1) is 0 Å². The van der Waals surface area contributed by atoms with E-state index in [0.717, 1.165) is 12.3 Å². The smallest absolute Gasteiger partial charge is 0.476 e. The zero-order valence-electron chi connectivity index (χ0n) is 11.9. The summed E-state index contributed by atoms with van der Waals surface area (Å²) >= 11 is 0. The number of ether oxygens (including phenoxy) is 1. The number of nitrogens with one attached hydrogen (secondary N) is 1. The Morgan fingerprint density at radius 1 is 1.29 bits per heavy atom. The number of nitrogens with zero attached hydrogens (tertiary/aromatic N) is 3. The summed E-state index contributed by atoms with van der Waals surface area (Å²) in [4.78, 5) is 22.6. The molecule has 2 rings (SSSR count). The molecule has 0 fully saturated rings. The lowest BCUT2D eigenvalue weighted by Gasteiger charge is -2.13. The number of benzene rings is 1. The van der Waals surface area contributed by atoms with Crippen molar-refractivity contribution in [3.8, 4) is 5.75 Å². The highest BCUT2D eigenvalue weighted by Gasteiger charge is 2.32. The van der Waals surface area contributed by atoms with Crippen molar-refractivity contribution in [3.63, 3.8) is 0 Å². The van der Waals surface area contributed by atoms with Crippen LogP contribution in [-0.2, 0) is 6.54 Å². The highest BCUT2D eigenvalue weighted by atomic mass is 19.4. The topological polar surface area (TPSA) is 106 Å². The number of halogens is 3. The van der Waals surface area contributed by atoms with E-state index in [4.69, 9.17) is 5.11 Å². The van der Waals surface area contributed by atoms with Gasteiger partial charge in [-0.05, 0) is 12.1 Å². The summed E-state index contributed by atoms with van der Waals surface area (Å²) in [7, 11) is 0. The van der Waals surface area contributed by atoms with E-state index in [-0.39, 0.29) is 24.3 Å². The molecule has 0 saturated carbocycles. The Hall–Kier alpha value is -3.11. The van der Waals surface area contributed by atoms with Gasteiger partial charge in [0.05, 0.1) is 18.3 Å². The van der Waals surface area contributed by atoms with E-state index >= 15 is 0 Å². The molecule has 0 spiro atoms. The van der Waals surface area contributed by atoms with Crippen LogP contribution in [0.1, 0.15) is 20.8 Å². The maximum atomic E-state index is 12.3. The molecule has 128 valence electrons. The Bertz CT molecular complexity index is 745. The second-order valence-electron chi connectivity index (χ2n) is 4.47. The molecule has 0 atom stereocenters. The minimum absolute atomic E-state index is 0.00159. The van der Waals surface area contributed by atoms with Crippen molar-refractivity contribution in [3.05, 3.63) is 41.7 Å². The molecule has 11 heteroatoms. The van der Waals surface area contributed by atoms with Crippen LogP contribution < -0.4 is 10.1 Å². The summed E-state index contributed by atoms with van der Waals surface area (Å²) in [5.74, 6) is -2.63. The Balaban J connectivity index is 1.96. The lowest BCUT2D eigenvalue weighted by atomic mass is 10.2. The van der Waals surface area contributed by atoms with E-state index < -0.39 is 24.0 Å². The van der Waals surface area contributed by atoms with Crippen molar-refractivity contribution in [2.24, 2.45) is 0 Å². The number of rotatable bonds is 6. The van der Waals surface area contributed by atoms with Gasteiger partial charge in [0.1, 0.15) is 5.75 Å². The van der Waals surface area contributed by atoms with Gasteiger partial charge in [0, 0.05) is 6.54 Å². The fourth-order valence-electron chi connectivity index (χ4n) is 1.75. The third-order valence-corrected chi connectivity index (χ3v) is 2.74. The number of hydrogen-bond acceptors (Lipinski definition) is 5. The van der Waals surface area contributed by atoms with Gasteiger partial charge in [-0.2, -0.15) is 0 Å². The zero-order chi connectivity index (χ0) is 17.7. The number of carbonyl (C=O) groups is 2. The number of hydrogen-bond donors (Lipinski definition) is 2. The van der Waals surface area contributed by atoms with Crippen LogP contribution >= 0.6 is 0 Å². The molecule has 0 aliphatic heterocycles. The number of aromatic nitrogens is 3. The van der Waals surface area contributed by atoms with E-state index in [0.29, 0.717) is 0 Å². The molecule has 24 heavy (non-hydrogen) atoms. The van der Waals surface area contributed by atoms with E-state index in [1.807, 2.05) is 0 Å². The van der Waals surface area contributed by atoms with Gasteiger partial charge in [0.25, 0.3) is 5.91 Å². The van der Waals surface area contributed by atoms with Gasteiger partial charge < -0.3 is 15.2 Å². The van der Waals surface area contributed by atoms with Crippen LogP contribution in [0.15, 0.2) is 30.5 Å². The predicted octanol–water partition coefficient (Wildman–Crippen LogP) is 1.30. The molecule has 1 aromatic carbocycles. The standard InChI is InChI=1S/C13H11F3N4O4/c14-13(15,16)24-10-4-2-1-3-8(10)11(21)17-5-6-20-7-9(12(22)23)18-19-20/h1-4,7H,5-6H2,(H,17,21)(H,22,23). The third kappa shape index (κ3) is 4.69. The lowest BCUT2D eigenvalue weighted by molar-refractivity contribution is -0.274. The van der Waals surface area contributed by atoms with Crippen molar-refractivity contribution in [2.45, 2.75) is 12.9 Å². The van der Waals surface area contributed by atoms with Crippen molar-refractivity contribution in [2.75, 3.05) is 6.54 Å². The largest absolute Gasteiger partial charge is 0.573 e. The predicted molar refractivity (Wildman–Crippen MR) is 72.4 cm³/mol. The maximum Gasteiger partial charge on any atom is 0.573 e. The van der Waals surface area contributed by atoms with Gasteiger partial charge in [0.2, 0.25) is 0 Å². The first-order chi connectivity index (χ1) is 11.3. The fourth-order valence-corrected chi connectivity index (χ4v) is 1.75.